The van der Waals surface area contributed by atoms with Gasteiger partial charge in [-0.15, -0.1) is 0 Å². The molecule has 0 aliphatic carbocycles. The highest BCUT2D eigenvalue weighted by atomic mass is 16.7. The first kappa shape index (κ1) is 40.5. The Hall–Kier alpha value is -5.72. The summed E-state index contributed by atoms with van der Waals surface area (Å²) in [5, 5.41) is 15.5. The number of nitrogens with one attached hydrogen (secondary N) is 2. The molecule has 5 aromatic rings. The molecule has 3 atom stereocenters. The van der Waals surface area contributed by atoms with Crippen molar-refractivity contribution in [2.24, 2.45) is 0 Å². The average molecular weight is 785 g/mol. The van der Waals surface area contributed by atoms with Gasteiger partial charge < -0.3 is 40.4 Å². The van der Waals surface area contributed by atoms with Gasteiger partial charge in [0.25, 0.3) is 0 Å². The van der Waals surface area contributed by atoms with Crippen molar-refractivity contribution in [2.45, 2.75) is 70.3 Å². The molecular formula is C47H52N4O7. The zero-order valence-electron chi connectivity index (χ0n) is 33.1. The highest BCUT2D eigenvalue weighted by Crippen LogP contribution is 2.40. The lowest BCUT2D eigenvalue weighted by Gasteiger charge is -2.39. The predicted molar refractivity (Wildman–Crippen MR) is 224 cm³/mol. The fourth-order valence-corrected chi connectivity index (χ4v) is 7.71. The van der Waals surface area contributed by atoms with E-state index in [2.05, 4.69) is 51.9 Å². The Labute approximate surface area is 340 Å². The van der Waals surface area contributed by atoms with Crippen LogP contribution in [-0.4, -0.2) is 55.2 Å². The van der Waals surface area contributed by atoms with Crippen LogP contribution >= 0.6 is 0 Å². The number of para-hydroxylation sites is 2. The molecule has 2 aliphatic rings. The highest BCUT2D eigenvalue weighted by Gasteiger charge is 2.34. The number of aliphatic hydroxyl groups excluding tert-OH is 1. The highest BCUT2D eigenvalue weighted by molar-refractivity contribution is 5.94. The number of carbonyl (C=O) groups is 2. The Kier molecular flexibility index (Phi) is 13.4. The lowest BCUT2D eigenvalue weighted by Crippen LogP contribution is -2.41. The van der Waals surface area contributed by atoms with Gasteiger partial charge in [0.15, 0.2) is 17.8 Å². The molecule has 2 heterocycles. The van der Waals surface area contributed by atoms with E-state index in [0.717, 1.165) is 70.9 Å². The van der Waals surface area contributed by atoms with E-state index in [0.29, 0.717) is 30.8 Å². The van der Waals surface area contributed by atoms with E-state index in [1.54, 1.807) is 26.4 Å². The molecular weight excluding hydrogens is 733 g/mol. The first-order valence-electron chi connectivity index (χ1n) is 19.9. The molecule has 58 heavy (non-hydrogen) atoms. The second-order valence-electron chi connectivity index (χ2n) is 14.9. The van der Waals surface area contributed by atoms with Crippen molar-refractivity contribution in [1.29, 1.82) is 0 Å². The van der Waals surface area contributed by atoms with Gasteiger partial charge in [-0.1, -0.05) is 84.9 Å². The molecule has 0 radical (unpaired) electrons. The number of methoxy groups -OCH3 is 2. The van der Waals surface area contributed by atoms with Gasteiger partial charge in [-0.3, -0.25) is 14.5 Å². The third kappa shape index (κ3) is 10.0. The van der Waals surface area contributed by atoms with Crippen molar-refractivity contribution < 1.29 is 33.6 Å². The van der Waals surface area contributed by atoms with Gasteiger partial charge in [0.1, 0.15) is 0 Å². The van der Waals surface area contributed by atoms with Gasteiger partial charge >= 0.3 is 0 Å². The number of hydrogen-bond acceptors (Lipinski definition) is 9. The fourth-order valence-electron chi connectivity index (χ4n) is 7.71. The van der Waals surface area contributed by atoms with Crippen LogP contribution in [-0.2, 0) is 45.2 Å². The number of carbonyl (C=O) groups excluding carboxylic acids is 2. The lowest BCUT2D eigenvalue weighted by molar-refractivity contribution is -0.253. The Balaban J connectivity index is 0.995. The summed E-state index contributed by atoms with van der Waals surface area (Å²) >= 11 is 0. The summed E-state index contributed by atoms with van der Waals surface area (Å²) in [6.07, 6.45) is 1.60. The van der Waals surface area contributed by atoms with Crippen LogP contribution in [0.3, 0.4) is 0 Å². The van der Waals surface area contributed by atoms with Crippen LogP contribution in [0.15, 0.2) is 109 Å². The van der Waals surface area contributed by atoms with E-state index < -0.39 is 6.29 Å². The maximum Gasteiger partial charge on any atom is 0.224 e. The number of nitrogen functional groups attached to an aromatic ring is 1. The third-order valence-corrected chi connectivity index (χ3v) is 10.9. The van der Waals surface area contributed by atoms with Gasteiger partial charge in [0, 0.05) is 51.0 Å². The minimum Gasteiger partial charge on any atom is -0.493 e. The molecule has 5 aromatic carbocycles. The van der Waals surface area contributed by atoms with Crippen LogP contribution in [0.2, 0.25) is 0 Å². The molecule has 1 saturated heterocycles. The molecule has 5 N–H and O–H groups in total. The molecule has 302 valence electrons. The van der Waals surface area contributed by atoms with Gasteiger partial charge in [0.2, 0.25) is 11.8 Å². The van der Waals surface area contributed by atoms with Crippen LogP contribution in [0.1, 0.15) is 71.5 Å². The van der Waals surface area contributed by atoms with Gasteiger partial charge in [-0.05, 0) is 76.1 Å². The zero-order valence-corrected chi connectivity index (χ0v) is 33.1. The molecule has 0 aromatic heterocycles. The standard InChI is InChI=1S/C47H52N4O7/c1-55-43-24-35-22-23-51(28-37(35)25-44(43)56-2)29-38-26-42(33-16-14-31(30-52)15-17-33)58-47(57-38)34-20-18-32(19-21-34)39-9-4-3-8-36(39)27-49-45(53)12-7-13-46(54)50-41-11-6-5-10-40(41)48/h3-6,8-11,14-21,24-25,38,42,47,52H,7,12-13,22-23,26-30,48H2,1-2H3,(H,49,53)(H,50,54). The molecule has 0 saturated carbocycles. The summed E-state index contributed by atoms with van der Waals surface area (Å²) in [6.45, 7) is 2.78. The Morgan fingerprint density at radius 1 is 0.828 bits per heavy atom. The van der Waals surface area contributed by atoms with Crippen LogP contribution in [0.4, 0.5) is 11.4 Å². The summed E-state index contributed by atoms with van der Waals surface area (Å²) in [5.41, 5.74) is 15.3. The third-order valence-electron chi connectivity index (χ3n) is 10.9. The quantitative estimate of drug-likeness (QED) is 0.0795. The smallest absolute Gasteiger partial charge is 0.224 e. The number of nitrogens with zero attached hydrogens (tertiary/aromatic N) is 1. The number of benzene rings is 5. The van der Waals surface area contributed by atoms with E-state index in [9.17, 15) is 14.7 Å². The van der Waals surface area contributed by atoms with Crippen LogP contribution in [0.5, 0.6) is 11.5 Å². The van der Waals surface area contributed by atoms with Crippen molar-refractivity contribution in [3.05, 3.63) is 143 Å². The molecule has 11 nitrogen and oxygen atoms in total. The molecule has 11 heteroatoms. The molecule has 0 spiro atoms. The summed E-state index contributed by atoms with van der Waals surface area (Å²) in [4.78, 5) is 27.6. The van der Waals surface area contributed by atoms with E-state index >= 15 is 0 Å². The van der Waals surface area contributed by atoms with Gasteiger partial charge in [0.05, 0.1) is 44.4 Å². The predicted octanol–water partition coefficient (Wildman–Crippen LogP) is 7.47. The number of rotatable bonds is 15. The van der Waals surface area contributed by atoms with Crippen LogP contribution in [0.25, 0.3) is 11.1 Å². The van der Waals surface area contributed by atoms with E-state index in [4.69, 9.17) is 24.7 Å². The monoisotopic (exact) mass is 784 g/mol. The SMILES string of the molecule is COc1cc2c(cc1OC)CN(CC1CC(c3ccc(CO)cc3)OC(c3ccc(-c4ccccc4CNC(=O)CCCC(=O)Nc4ccccc4N)cc3)O1)CC2. The summed E-state index contributed by atoms with van der Waals surface area (Å²) < 4.78 is 24.5. The van der Waals surface area contributed by atoms with Gasteiger partial charge in [-0.25, -0.2) is 0 Å². The Bertz CT molecular complexity index is 2180. The number of amides is 2. The second-order valence-corrected chi connectivity index (χ2v) is 14.9. The first-order chi connectivity index (χ1) is 28.3. The molecule has 0 bridgehead atoms. The number of ether oxygens (including phenoxy) is 4. The second kappa shape index (κ2) is 19.1. The summed E-state index contributed by atoms with van der Waals surface area (Å²) in [6, 6.07) is 35.5. The van der Waals surface area contributed by atoms with Crippen molar-refractivity contribution in [3.63, 3.8) is 0 Å². The van der Waals surface area contributed by atoms with Crippen LogP contribution < -0.4 is 25.8 Å². The molecule has 2 amide bonds. The fraction of sp³-hybridized carbons (Fsp3) is 0.319. The van der Waals surface area contributed by atoms with Crippen molar-refractivity contribution in [1.82, 2.24) is 10.2 Å². The number of nitrogens with two attached hydrogens (primary N) is 1. The van der Waals surface area contributed by atoms with E-state index in [1.807, 2.05) is 60.7 Å². The topological polar surface area (TPSA) is 145 Å². The average Bonchev–Trinajstić information content (AvgIpc) is 3.26. The molecule has 3 unspecified atom stereocenters. The molecule has 1 fully saturated rings. The maximum atomic E-state index is 12.8. The largest absolute Gasteiger partial charge is 0.493 e. The number of fused-ring (bicyclic) bond motifs is 1. The normalized spacial score (nSPS) is 17.9. The van der Waals surface area contributed by atoms with Gasteiger partial charge in [-0.2, -0.15) is 0 Å². The molecule has 7 rings (SSSR count). The Morgan fingerprint density at radius 3 is 2.26 bits per heavy atom. The van der Waals surface area contributed by atoms with E-state index in [-0.39, 0.29) is 43.5 Å². The van der Waals surface area contributed by atoms with E-state index in [1.165, 1.54) is 11.1 Å². The Morgan fingerprint density at radius 2 is 1.52 bits per heavy atom. The van der Waals surface area contributed by atoms with Crippen LogP contribution in [0, 0.1) is 0 Å². The minimum absolute atomic E-state index is 0.0126. The van der Waals surface area contributed by atoms with Crippen molar-refractivity contribution in [2.75, 3.05) is 38.4 Å². The number of hydrogen-bond donors (Lipinski definition) is 4. The minimum atomic E-state index is -0.585. The molecule has 2 aliphatic heterocycles. The summed E-state index contributed by atoms with van der Waals surface area (Å²) in [5.74, 6) is 1.19. The number of anilines is 2. The zero-order chi connectivity index (χ0) is 40.4. The van der Waals surface area contributed by atoms with Crippen molar-refractivity contribution >= 4 is 23.2 Å². The maximum absolute atomic E-state index is 12.8. The number of aliphatic hydroxyl groups is 1. The lowest BCUT2D eigenvalue weighted by atomic mass is 9.96. The van der Waals surface area contributed by atoms with Crippen molar-refractivity contribution in [3.8, 4) is 22.6 Å². The first-order valence-corrected chi connectivity index (χ1v) is 19.9. The summed E-state index contributed by atoms with van der Waals surface area (Å²) in [7, 11) is 3.33.